The largest absolute Gasteiger partial charge is 0.494 e. The number of aryl methyl sites for hydroxylation is 1. The Labute approximate surface area is 150 Å². The molecule has 3 N–H and O–H groups in total. The summed E-state index contributed by atoms with van der Waals surface area (Å²) in [6.07, 6.45) is 5.81. The highest BCUT2D eigenvalue weighted by molar-refractivity contribution is 5.91. The fraction of sp³-hybridized carbons (Fsp3) is 0.381. The van der Waals surface area contributed by atoms with Crippen molar-refractivity contribution in [2.75, 3.05) is 17.7 Å². The second kappa shape index (κ2) is 10.4. The van der Waals surface area contributed by atoms with Crippen molar-refractivity contribution in [3.05, 3.63) is 54.1 Å². The summed E-state index contributed by atoms with van der Waals surface area (Å²) in [7, 11) is 0. The zero-order valence-electron chi connectivity index (χ0n) is 15.0. The first-order chi connectivity index (χ1) is 12.2. The Morgan fingerprint density at radius 1 is 1.08 bits per heavy atom. The summed E-state index contributed by atoms with van der Waals surface area (Å²) >= 11 is 0. The van der Waals surface area contributed by atoms with Crippen LogP contribution in [0.15, 0.2) is 48.5 Å². The number of anilines is 2. The lowest BCUT2D eigenvalue weighted by Gasteiger charge is -2.09. The van der Waals surface area contributed by atoms with Gasteiger partial charge in [-0.1, -0.05) is 44.4 Å². The normalized spacial score (nSPS) is 10.4. The number of nitrogens with two attached hydrogens (primary N) is 1. The summed E-state index contributed by atoms with van der Waals surface area (Å²) in [5, 5.41) is 2.93. The maximum atomic E-state index is 12.1. The minimum atomic E-state index is -0.0116. The van der Waals surface area contributed by atoms with Gasteiger partial charge in [-0.15, -0.1) is 0 Å². The number of hydrogen-bond donors (Lipinski definition) is 2. The van der Waals surface area contributed by atoms with Crippen molar-refractivity contribution in [2.45, 2.75) is 45.4 Å². The Balaban J connectivity index is 1.77. The van der Waals surface area contributed by atoms with Crippen LogP contribution in [0.3, 0.4) is 0 Å². The second-order valence-electron chi connectivity index (χ2n) is 6.23. The number of amides is 1. The van der Waals surface area contributed by atoms with Crippen molar-refractivity contribution in [3.63, 3.8) is 0 Å². The maximum Gasteiger partial charge on any atom is 0.224 e. The van der Waals surface area contributed by atoms with Crippen molar-refractivity contribution in [3.8, 4) is 5.75 Å². The quantitative estimate of drug-likeness (QED) is 0.482. The number of unbranched alkanes of at least 4 members (excludes halogenated alkanes) is 3. The lowest BCUT2D eigenvalue weighted by Crippen LogP contribution is -2.12. The van der Waals surface area contributed by atoms with Crippen molar-refractivity contribution in [1.29, 1.82) is 0 Å². The van der Waals surface area contributed by atoms with Crippen molar-refractivity contribution in [2.24, 2.45) is 0 Å². The Kier molecular flexibility index (Phi) is 7.83. The number of ether oxygens (including phenoxy) is 1. The Bertz CT molecular complexity index is 670. The molecule has 2 aromatic carbocycles. The fourth-order valence-corrected chi connectivity index (χ4v) is 2.61. The molecule has 2 aromatic rings. The third-order valence-corrected chi connectivity index (χ3v) is 3.98. The van der Waals surface area contributed by atoms with Gasteiger partial charge in [-0.05, 0) is 42.7 Å². The number of carbonyl (C=O) groups excluding carboxylic acids is 1. The van der Waals surface area contributed by atoms with Crippen molar-refractivity contribution in [1.82, 2.24) is 0 Å². The van der Waals surface area contributed by atoms with Gasteiger partial charge >= 0.3 is 0 Å². The topological polar surface area (TPSA) is 64.3 Å². The van der Waals surface area contributed by atoms with Gasteiger partial charge in [0.15, 0.2) is 0 Å². The highest BCUT2D eigenvalue weighted by Crippen LogP contribution is 2.18. The SMILES string of the molecule is CCCCCCOc1cccc(NC(=O)CCc2cccc(N)c2)c1. The van der Waals surface area contributed by atoms with Crippen LogP contribution in [0.5, 0.6) is 5.75 Å². The lowest BCUT2D eigenvalue weighted by atomic mass is 10.1. The van der Waals surface area contributed by atoms with E-state index in [1.165, 1.54) is 19.3 Å². The van der Waals surface area contributed by atoms with E-state index in [0.717, 1.165) is 29.1 Å². The maximum absolute atomic E-state index is 12.1. The molecule has 134 valence electrons. The molecular formula is C21H28N2O2. The molecule has 0 radical (unpaired) electrons. The van der Waals surface area contributed by atoms with Crippen LogP contribution in [0.1, 0.15) is 44.6 Å². The number of nitrogens with one attached hydrogen (secondary N) is 1. The first-order valence-corrected chi connectivity index (χ1v) is 9.04. The van der Waals surface area contributed by atoms with Gasteiger partial charge in [0.1, 0.15) is 5.75 Å². The minimum Gasteiger partial charge on any atom is -0.494 e. The number of hydrogen-bond acceptors (Lipinski definition) is 3. The van der Waals surface area contributed by atoms with Gasteiger partial charge in [0, 0.05) is 23.9 Å². The third-order valence-electron chi connectivity index (χ3n) is 3.98. The molecule has 0 aliphatic carbocycles. The number of carbonyl (C=O) groups is 1. The second-order valence-corrected chi connectivity index (χ2v) is 6.23. The highest BCUT2D eigenvalue weighted by atomic mass is 16.5. The molecule has 4 nitrogen and oxygen atoms in total. The van der Waals surface area contributed by atoms with E-state index >= 15 is 0 Å². The number of benzene rings is 2. The molecule has 2 rings (SSSR count). The molecule has 0 atom stereocenters. The van der Waals surface area contributed by atoms with Gasteiger partial charge in [-0.3, -0.25) is 4.79 Å². The van der Waals surface area contributed by atoms with Crippen molar-refractivity contribution < 1.29 is 9.53 Å². The molecule has 0 aliphatic rings. The molecule has 0 saturated carbocycles. The van der Waals surface area contributed by atoms with E-state index in [1.54, 1.807) is 0 Å². The molecule has 0 unspecified atom stereocenters. The van der Waals surface area contributed by atoms with E-state index < -0.39 is 0 Å². The van der Waals surface area contributed by atoms with Crippen LogP contribution >= 0.6 is 0 Å². The molecule has 0 saturated heterocycles. The van der Waals surface area contributed by atoms with Crippen LogP contribution in [0.25, 0.3) is 0 Å². The molecule has 0 heterocycles. The van der Waals surface area contributed by atoms with Gasteiger partial charge in [-0.25, -0.2) is 0 Å². The lowest BCUT2D eigenvalue weighted by molar-refractivity contribution is -0.116. The molecule has 0 spiro atoms. The zero-order valence-corrected chi connectivity index (χ0v) is 15.0. The third kappa shape index (κ3) is 7.29. The van der Waals surface area contributed by atoms with Gasteiger partial charge in [0.05, 0.1) is 6.61 Å². The standard InChI is InChI=1S/C21H28N2O2/c1-2-3-4-5-14-25-20-11-7-10-19(16-20)23-21(24)13-12-17-8-6-9-18(22)15-17/h6-11,15-16H,2-5,12-14,22H2,1H3,(H,23,24). The number of nitrogen functional groups attached to an aromatic ring is 1. The predicted molar refractivity (Wildman–Crippen MR) is 104 cm³/mol. The van der Waals surface area contributed by atoms with E-state index in [0.29, 0.717) is 19.4 Å². The summed E-state index contributed by atoms with van der Waals surface area (Å²) in [5.41, 5.74) is 8.32. The summed E-state index contributed by atoms with van der Waals surface area (Å²) < 4.78 is 5.75. The molecule has 0 aromatic heterocycles. The van der Waals surface area contributed by atoms with Gasteiger partial charge in [-0.2, -0.15) is 0 Å². The smallest absolute Gasteiger partial charge is 0.224 e. The monoisotopic (exact) mass is 340 g/mol. The minimum absolute atomic E-state index is 0.0116. The summed E-state index contributed by atoms with van der Waals surface area (Å²) in [6.45, 7) is 2.91. The summed E-state index contributed by atoms with van der Waals surface area (Å²) in [5.74, 6) is 0.785. The summed E-state index contributed by atoms with van der Waals surface area (Å²) in [6, 6.07) is 15.2. The van der Waals surface area contributed by atoms with Crippen LogP contribution in [0, 0.1) is 0 Å². The predicted octanol–water partition coefficient (Wildman–Crippen LogP) is 4.80. The first-order valence-electron chi connectivity index (χ1n) is 9.04. The Hall–Kier alpha value is -2.49. The van der Waals surface area contributed by atoms with Crippen molar-refractivity contribution >= 4 is 17.3 Å². The van der Waals surface area contributed by atoms with Crippen LogP contribution < -0.4 is 15.8 Å². The molecule has 1 amide bonds. The van der Waals surface area contributed by atoms with Gasteiger partial charge in [0.25, 0.3) is 0 Å². The van der Waals surface area contributed by atoms with E-state index in [1.807, 2.05) is 48.5 Å². The molecule has 0 fully saturated rings. The highest BCUT2D eigenvalue weighted by Gasteiger charge is 2.05. The number of rotatable bonds is 10. The Morgan fingerprint density at radius 3 is 2.72 bits per heavy atom. The average molecular weight is 340 g/mol. The van der Waals surface area contributed by atoms with Gasteiger partial charge < -0.3 is 15.8 Å². The first kappa shape index (κ1) is 18.8. The zero-order chi connectivity index (χ0) is 17.9. The van der Waals surface area contributed by atoms with Crippen LogP contribution in [0.4, 0.5) is 11.4 Å². The van der Waals surface area contributed by atoms with E-state index in [4.69, 9.17) is 10.5 Å². The van der Waals surface area contributed by atoms with Crippen LogP contribution in [-0.2, 0) is 11.2 Å². The van der Waals surface area contributed by atoms with Gasteiger partial charge in [0.2, 0.25) is 5.91 Å². The van der Waals surface area contributed by atoms with E-state index in [2.05, 4.69) is 12.2 Å². The van der Waals surface area contributed by atoms with Crippen LogP contribution in [-0.4, -0.2) is 12.5 Å². The summed E-state index contributed by atoms with van der Waals surface area (Å²) in [4.78, 5) is 12.1. The molecule has 0 aliphatic heterocycles. The molecular weight excluding hydrogens is 312 g/mol. The Morgan fingerprint density at radius 2 is 1.92 bits per heavy atom. The van der Waals surface area contributed by atoms with Crippen LogP contribution in [0.2, 0.25) is 0 Å². The molecule has 25 heavy (non-hydrogen) atoms. The molecule has 0 bridgehead atoms. The van der Waals surface area contributed by atoms with E-state index in [9.17, 15) is 4.79 Å². The fourth-order valence-electron chi connectivity index (χ4n) is 2.61. The molecule has 4 heteroatoms. The van der Waals surface area contributed by atoms with E-state index in [-0.39, 0.29) is 5.91 Å². The average Bonchev–Trinajstić information content (AvgIpc) is 2.60.